The molecule has 0 fully saturated rings. The molecule has 0 saturated heterocycles. The molecule has 0 amide bonds. The van der Waals surface area contributed by atoms with Gasteiger partial charge in [0.2, 0.25) is 5.90 Å². The molecule has 2 atom stereocenters. The standard InChI is InChI=1S/C28H24NOP/c1-5-13-22(14-6-1)27-26(29-28(30-27)23-15-7-2-8-16-23)21-31(24-17-9-3-10-18-24)25-19-11-4-12-20-25/h1-20,26-27H,21H2/t26-,27-/m1/s1. The first-order valence-electron chi connectivity index (χ1n) is 10.6. The van der Waals surface area contributed by atoms with Crippen molar-refractivity contribution in [3.63, 3.8) is 0 Å². The highest BCUT2D eigenvalue weighted by atomic mass is 31.1. The normalized spacial score (nSPS) is 17.9. The first-order valence-corrected chi connectivity index (χ1v) is 12.1. The molecule has 0 unspecified atom stereocenters. The zero-order valence-electron chi connectivity index (χ0n) is 17.2. The van der Waals surface area contributed by atoms with E-state index >= 15 is 0 Å². The minimum Gasteiger partial charge on any atom is -0.467 e. The van der Waals surface area contributed by atoms with Crippen molar-refractivity contribution in [2.75, 3.05) is 6.16 Å². The lowest BCUT2D eigenvalue weighted by Crippen LogP contribution is -2.24. The Hall–Kier alpha value is -3.22. The van der Waals surface area contributed by atoms with Crippen LogP contribution in [0.2, 0.25) is 0 Å². The first kappa shape index (κ1) is 19.7. The minimum absolute atomic E-state index is 0.0594. The summed E-state index contributed by atoms with van der Waals surface area (Å²) < 4.78 is 6.48. The second kappa shape index (κ2) is 9.29. The molecule has 0 aromatic heterocycles. The summed E-state index contributed by atoms with van der Waals surface area (Å²) in [6.07, 6.45) is 0.869. The van der Waals surface area contributed by atoms with Crippen LogP contribution < -0.4 is 10.6 Å². The summed E-state index contributed by atoms with van der Waals surface area (Å²) in [5, 5.41) is 2.75. The Kier molecular flexibility index (Phi) is 5.91. The van der Waals surface area contributed by atoms with Gasteiger partial charge in [-0.3, -0.25) is 0 Å². The van der Waals surface area contributed by atoms with E-state index < -0.39 is 7.92 Å². The van der Waals surface area contributed by atoms with E-state index in [1.807, 2.05) is 24.3 Å². The van der Waals surface area contributed by atoms with Gasteiger partial charge in [0.1, 0.15) is 6.10 Å². The van der Waals surface area contributed by atoms with E-state index in [9.17, 15) is 0 Å². The molecule has 0 radical (unpaired) electrons. The molecule has 0 N–H and O–H groups in total. The number of hydrogen-bond donors (Lipinski definition) is 0. The van der Waals surface area contributed by atoms with Crippen molar-refractivity contribution in [2.24, 2.45) is 4.99 Å². The van der Waals surface area contributed by atoms with Crippen LogP contribution in [0.1, 0.15) is 17.2 Å². The molecule has 3 heteroatoms. The van der Waals surface area contributed by atoms with Crippen LogP contribution in [0, 0.1) is 0 Å². The van der Waals surface area contributed by atoms with Gasteiger partial charge in [0.25, 0.3) is 0 Å². The summed E-state index contributed by atoms with van der Waals surface area (Å²) in [5.74, 6) is 0.746. The molecule has 5 rings (SSSR count). The summed E-state index contributed by atoms with van der Waals surface area (Å²) in [4.78, 5) is 5.12. The Bertz CT molecular complexity index is 1090. The fourth-order valence-corrected chi connectivity index (χ4v) is 6.43. The van der Waals surface area contributed by atoms with E-state index in [2.05, 4.69) is 97.1 Å². The van der Waals surface area contributed by atoms with Crippen molar-refractivity contribution in [3.05, 3.63) is 132 Å². The first-order chi connectivity index (χ1) is 15.4. The highest BCUT2D eigenvalue weighted by Crippen LogP contribution is 2.41. The predicted molar refractivity (Wildman–Crippen MR) is 131 cm³/mol. The molecule has 0 saturated carbocycles. The van der Waals surface area contributed by atoms with Gasteiger partial charge in [-0.1, -0.05) is 109 Å². The highest BCUT2D eigenvalue weighted by molar-refractivity contribution is 7.73. The van der Waals surface area contributed by atoms with Gasteiger partial charge in [0.05, 0.1) is 6.04 Å². The van der Waals surface area contributed by atoms with Crippen molar-refractivity contribution < 1.29 is 4.74 Å². The van der Waals surface area contributed by atoms with Gasteiger partial charge >= 0.3 is 0 Å². The lowest BCUT2D eigenvalue weighted by Gasteiger charge is -2.24. The van der Waals surface area contributed by atoms with Gasteiger partial charge in [-0.15, -0.1) is 0 Å². The molecule has 1 heterocycles. The third-order valence-electron chi connectivity index (χ3n) is 5.53. The lowest BCUT2D eigenvalue weighted by atomic mass is 10.0. The van der Waals surface area contributed by atoms with Gasteiger partial charge in [0.15, 0.2) is 0 Å². The number of nitrogens with zero attached hydrogens (tertiary/aromatic N) is 1. The van der Waals surface area contributed by atoms with Crippen molar-refractivity contribution in [3.8, 4) is 0 Å². The Morgan fingerprint density at radius 2 is 1.10 bits per heavy atom. The maximum absolute atomic E-state index is 6.48. The fourth-order valence-electron chi connectivity index (χ4n) is 4.00. The quantitative estimate of drug-likeness (QED) is 0.366. The Balaban J connectivity index is 1.53. The van der Waals surface area contributed by atoms with Gasteiger partial charge in [0, 0.05) is 11.7 Å². The van der Waals surface area contributed by atoms with Gasteiger partial charge in [-0.25, -0.2) is 4.99 Å². The summed E-state index contributed by atoms with van der Waals surface area (Å²) in [5.41, 5.74) is 2.22. The minimum atomic E-state index is -0.554. The topological polar surface area (TPSA) is 21.6 Å². The van der Waals surface area contributed by atoms with Crippen molar-refractivity contribution >= 4 is 24.4 Å². The van der Waals surface area contributed by atoms with Gasteiger partial charge in [-0.05, 0) is 36.2 Å². The van der Waals surface area contributed by atoms with E-state index in [1.54, 1.807) is 0 Å². The zero-order chi connectivity index (χ0) is 20.9. The largest absolute Gasteiger partial charge is 0.467 e. The van der Waals surface area contributed by atoms with Crippen LogP contribution in [0.4, 0.5) is 0 Å². The van der Waals surface area contributed by atoms with Crippen LogP contribution in [0.15, 0.2) is 126 Å². The molecular formula is C28H24NOP. The Morgan fingerprint density at radius 1 is 0.613 bits per heavy atom. The molecule has 0 aliphatic carbocycles. The number of aliphatic imine (C=N–C) groups is 1. The van der Waals surface area contributed by atoms with Crippen LogP contribution in [0.3, 0.4) is 0 Å². The summed E-state index contributed by atoms with van der Waals surface area (Å²) in [6.45, 7) is 0. The number of benzene rings is 4. The number of ether oxygens (including phenoxy) is 1. The van der Waals surface area contributed by atoms with E-state index in [0.29, 0.717) is 0 Å². The van der Waals surface area contributed by atoms with Crippen LogP contribution >= 0.6 is 7.92 Å². The second-order valence-corrected chi connectivity index (χ2v) is 9.85. The average molecular weight is 421 g/mol. The molecule has 4 aromatic carbocycles. The molecule has 0 spiro atoms. The van der Waals surface area contributed by atoms with E-state index in [-0.39, 0.29) is 12.1 Å². The Labute approximate surface area is 185 Å². The lowest BCUT2D eigenvalue weighted by molar-refractivity contribution is 0.203. The van der Waals surface area contributed by atoms with Crippen molar-refractivity contribution in [2.45, 2.75) is 12.1 Å². The average Bonchev–Trinajstić information content (AvgIpc) is 3.29. The molecule has 1 aliphatic heterocycles. The second-order valence-electron chi connectivity index (χ2n) is 7.60. The summed E-state index contributed by atoms with van der Waals surface area (Å²) >= 11 is 0. The van der Waals surface area contributed by atoms with Crippen LogP contribution in [-0.4, -0.2) is 18.1 Å². The third kappa shape index (κ3) is 4.45. The van der Waals surface area contributed by atoms with Crippen LogP contribution in [0.25, 0.3) is 0 Å². The fraction of sp³-hybridized carbons (Fsp3) is 0.107. The molecule has 0 bridgehead atoms. The zero-order valence-corrected chi connectivity index (χ0v) is 18.1. The van der Waals surface area contributed by atoms with E-state index in [4.69, 9.17) is 9.73 Å². The highest BCUT2D eigenvalue weighted by Gasteiger charge is 2.35. The maximum atomic E-state index is 6.48. The van der Waals surface area contributed by atoms with Crippen LogP contribution in [-0.2, 0) is 4.74 Å². The maximum Gasteiger partial charge on any atom is 0.217 e. The molecule has 152 valence electrons. The van der Waals surface area contributed by atoms with Gasteiger partial charge in [-0.2, -0.15) is 0 Å². The SMILES string of the molecule is c1ccc(C2=N[C@H](CP(c3ccccc3)c3ccccc3)[C@@H](c3ccccc3)O2)cc1. The monoisotopic (exact) mass is 421 g/mol. The van der Waals surface area contributed by atoms with Crippen molar-refractivity contribution in [1.29, 1.82) is 0 Å². The van der Waals surface area contributed by atoms with Crippen molar-refractivity contribution in [1.82, 2.24) is 0 Å². The Morgan fingerprint density at radius 3 is 1.65 bits per heavy atom. The molecule has 31 heavy (non-hydrogen) atoms. The van der Waals surface area contributed by atoms with Crippen LogP contribution in [0.5, 0.6) is 0 Å². The molecule has 1 aliphatic rings. The number of hydrogen-bond acceptors (Lipinski definition) is 2. The molecular weight excluding hydrogens is 397 g/mol. The number of rotatable bonds is 6. The van der Waals surface area contributed by atoms with E-state index in [1.165, 1.54) is 16.2 Å². The molecule has 2 nitrogen and oxygen atoms in total. The third-order valence-corrected chi connectivity index (χ3v) is 8.11. The van der Waals surface area contributed by atoms with E-state index in [0.717, 1.165) is 17.6 Å². The van der Waals surface area contributed by atoms with Gasteiger partial charge < -0.3 is 4.74 Å². The summed E-state index contributed by atoms with van der Waals surface area (Å²) in [7, 11) is -0.554. The predicted octanol–water partition coefficient (Wildman–Crippen LogP) is 5.71. The summed E-state index contributed by atoms with van der Waals surface area (Å²) in [6, 6.07) is 42.5. The smallest absolute Gasteiger partial charge is 0.217 e. The molecule has 4 aromatic rings.